The molecule has 0 spiro atoms. The molecule has 0 radical (unpaired) electrons. The number of hydrogen-bond donors (Lipinski definition) is 2. The second-order valence-electron chi connectivity index (χ2n) is 8.57. The van der Waals surface area contributed by atoms with Gasteiger partial charge < -0.3 is 20.3 Å². The smallest absolute Gasteiger partial charge is 0.243 e. The van der Waals surface area contributed by atoms with E-state index in [1.807, 2.05) is 6.92 Å². The lowest BCUT2D eigenvalue weighted by Gasteiger charge is -2.42. The van der Waals surface area contributed by atoms with E-state index in [0.717, 1.165) is 45.0 Å². The number of hydrogen-bond acceptors (Lipinski definition) is 4. The first-order valence-electron chi connectivity index (χ1n) is 10.6. The molecule has 1 saturated heterocycles. The highest BCUT2D eigenvalue weighted by Crippen LogP contribution is 2.36. The third-order valence-corrected chi connectivity index (χ3v) is 5.64. The lowest BCUT2D eigenvalue weighted by atomic mass is 9.73. The Hall–Kier alpha value is -1.60. The van der Waals surface area contributed by atoms with E-state index < -0.39 is 0 Å². The van der Waals surface area contributed by atoms with Crippen molar-refractivity contribution >= 4 is 11.9 Å². The van der Waals surface area contributed by atoms with E-state index in [1.54, 1.807) is 19.0 Å². The summed E-state index contributed by atoms with van der Waals surface area (Å²) in [5, 5.41) is 6.85. The third-order valence-electron chi connectivity index (χ3n) is 5.64. The van der Waals surface area contributed by atoms with Crippen LogP contribution in [0.15, 0.2) is 17.1 Å². The van der Waals surface area contributed by atoms with Crippen molar-refractivity contribution in [3.63, 3.8) is 0 Å². The van der Waals surface area contributed by atoms with Gasteiger partial charge >= 0.3 is 0 Å². The number of ether oxygens (including phenoxy) is 1. The maximum Gasteiger partial charge on any atom is 0.243 e. The van der Waals surface area contributed by atoms with Gasteiger partial charge in [-0.15, -0.1) is 0 Å². The van der Waals surface area contributed by atoms with E-state index in [4.69, 9.17) is 4.74 Å². The molecule has 2 rings (SSSR count). The summed E-state index contributed by atoms with van der Waals surface area (Å²) in [7, 11) is 3.51. The topological polar surface area (TPSA) is 69.2 Å². The second kappa shape index (κ2) is 11.4. The molecule has 7 heteroatoms. The highest BCUT2D eigenvalue weighted by molar-refractivity contribution is 5.84. The Balaban J connectivity index is 2.00. The van der Waals surface area contributed by atoms with Crippen LogP contribution in [0.5, 0.6) is 0 Å². The van der Waals surface area contributed by atoms with Gasteiger partial charge in [-0.1, -0.05) is 31.4 Å². The number of nitrogens with one attached hydrogen (secondary N) is 2. The van der Waals surface area contributed by atoms with Crippen molar-refractivity contribution in [3.8, 4) is 0 Å². The molecule has 2 fully saturated rings. The van der Waals surface area contributed by atoms with Crippen LogP contribution >= 0.6 is 0 Å². The molecule has 28 heavy (non-hydrogen) atoms. The fourth-order valence-corrected chi connectivity index (χ4v) is 3.89. The minimum Gasteiger partial charge on any atom is -0.379 e. The summed E-state index contributed by atoms with van der Waals surface area (Å²) >= 11 is 0. The first kappa shape index (κ1) is 22.7. The van der Waals surface area contributed by atoms with Crippen molar-refractivity contribution < 1.29 is 9.53 Å². The van der Waals surface area contributed by atoms with Crippen LogP contribution in [0.1, 0.15) is 39.0 Å². The maximum absolute atomic E-state index is 11.9. The lowest BCUT2D eigenvalue weighted by molar-refractivity contribution is -0.127. The minimum atomic E-state index is -0.00267. The van der Waals surface area contributed by atoms with E-state index in [-0.39, 0.29) is 17.9 Å². The van der Waals surface area contributed by atoms with Gasteiger partial charge in [-0.05, 0) is 19.8 Å². The molecule has 0 aromatic heterocycles. The van der Waals surface area contributed by atoms with Crippen LogP contribution in [0, 0.1) is 5.41 Å². The summed E-state index contributed by atoms with van der Waals surface area (Å²) in [5.41, 5.74) is 1.29. The summed E-state index contributed by atoms with van der Waals surface area (Å²) in [6.07, 6.45) is 6.38. The number of aliphatic imine (C=N–C) groups is 1. The molecule has 1 amide bonds. The number of guanidine groups is 1. The van der Waals surface area contributed by atoms with Crippen LogP contribution in [0.3, 0.4) is 0 Å². The molecular weight excluding hydrogens is 354 g/mol. The van der Waals surface area contributed by atoms with E-state index in [2.05, 4.69) is 27.1 Å². The highest BCUT2D eigenvalue weighted by Gasteiger charge is 2.34. The third kappa shape index (κ3) is 7.80. The van der Waals surface area contributed by atoms with Crippen molar-refractivity contribution in [2.24, 2.45) is 10.4 Å². The van der Waals surface area contributed by atoms with Gasteiger partial charge in [-0.2, -0.15) is 0 Å². The number of carbonyl (C=O) groups is 1. The van der Waals surface area contributed by atoms with Gasteiger partial charge in [0.1, 0.15) is 6.54 Å². The maximum atomic E-state index is 11.9. The van der Waals surface area contributed by atoms with Crippen LogP contribution < -0.4 is 10.6 Å². The second-order valence-corrected chi connectivity index (χ2v) is 8.57. The fraction of sp³-hybridized carbons (Fsp3) is 0.810. The van der Waals surface area contributed by atoms with Gasteiger partial charge in [0.05, 0.1) is 13.2 Å². The Morgan fingerprint density at radius 1 is 1.18 bits per heavy atom. The van der Waals surface area contributed by atoms with Crippen LogP contribution in [0.4, 0.5) is 0 Å². The quantitative estimate of drug-likeness (QED) is 0.371. The largest absolute Gasteiger partial charge is 0.379 e. The molecule has 0 unspecified atom stereocenters. The summed E-state index contributed by atoms with van der Waals surface area (Å²) in [5.74, 6) is 0.697. The summed E-state index contributed by atoms with van der Waals surface area (Å²) in [4.78, 5) is 20.6. The monoisotopic (exact) mass is 393 g/mol. The molecular formula is C21H39N5O2. The van der Waals surface area contributed by atoms with Crippen LogP contribution in [0.2, 0.25) is 0 Å². The molecule has 2 aliphatic rings. The Labute approximate surface area is 170 Å². The van der Waals surface area contributed by atoms with Gasteiger partial charge in [-0.25, -0.2) is 4.99 Å². The molecule has 160 valence electrons. The summed E-state index contributed by atoms with van der Waals surface area (Å²) < 4.78 is 5.52. The van der Waals surface area contributed by atoms with Crippen molar-refractivity contribution in [2.45, 2.75) is 39.0 Å². The number of likely N-dealkylation sites (N-methyl/N-ethyl adjacent to an activating group) is 1. The van der Waals surface area contributed by atoms with Crippen molar-refractivity contribution in [3.05, 3.63) is 12.2 Å². The van der Waals surface area contributed by atoms with Gasteiger partial charge in [0, 0.05) is 52.2 Å². The molecule has 1 heterocycles. The Kier molecular flexibility index (Phi) is 9.25. The predicted octanol–water partition coefficient (Wildman–Crippen LogP) is 1.47. The number of nitrogens with zero attached hydrogens (tertiary/aromatic N) is 3. The molecule has 2 N–H and O–H groups in total. The van der Waals surface area contributed by atoms with Gasteiger partial charge in [0.2, 0.25) is 5.91 Å². The molecule has 1 aliphatic carbocycles. The van der Waals surface area contributed by atoms with Crippen molar-refractivity contribution in [2.75, 3.05) is 66.6 Å². The molecule has 1 aliphatic heterocycles. The predicted molar refractivity (Wildman–Crippen MR) is 115 cm³/mol. The standard InChI is InChI=1S/C21H39N5O2/c1-18(2)14-22-20(23-15-19(27)25(3)4)24-16-21(8-6-5-7-9-21)17-26-10-12-28-13-11-26/h1,5-17H2,2-4H3,(H2,22,23,24). The molecule has 1 saturated carbocycles. The van der Waals surface area contributed by atoms with Crippen molar-refractivity contribution in [1.29, 1.82) is 0 Å². The summed E-state index contributed by atoms with van der Waals surface area (Å²) in [6, 6.07) is 0. The first-order valence-corrected chi connectivity index (χ1v) is 10.6. The number of amides is 1. The van der Waals surface area contributed by atoms with Crippen LogP contribution in [-0.2, 0) is 9.53 Å². The molecule has 0 aromatic carbocycles. The van der Waals surface area contributed by atoms with Crippen LogP contribution in [0.25, 0.3) is 0 Å². The van der Waals surface area contributed by atoms with E-state index >= 15 is 0 Å². The Morgan fingerprint density at radius 3 is 2.46 bits per heavy atom. The van der Waals surface area contributed by atoms with E-state index in [9.17, 15) is 4.79 Å². The summed E-state index contributed by atoms with van der Waals surface area (Å²) in [6.45, 7) is 12.4. The van der Waals surface area contributed by atoms with Crippen LogP contribution in [-0.4, -0.2) is 88.2 Å². The van der Waals surface area contributed by atoms with Gasteiger partial charge in [0.25, 0.3) is 0 Å². The van der Waals surface area contributed by atoms with E-state index in [0.29, 0.717) is 12.5 Å². The fourth-order valence-electron chi connectivity index (χ4n) is 3.89. The van der Waals surface area contributed by atoms with Crippen molar-refractivity contribution in [1.82, 2.24) is 20.4 Å². The zero-order valence-electron chi connectivity index (χ0n) is 18.1. The molecule has 7 nitrogen and oxygen atoms in total. The average Bonchev–Trinajstić information content (AvgIpc) is 2.68. The molecule has 0 atom stereocenters. The van der Waals surface area contributed by atoms with Gasteiger partial charge in [-0.3, -0.25) is 9.69 Å². The SMILES string of the molecule is C=C(C)CNC(=NCC(=O)N(C)C)NCC1(CN2CCOCC2)CCCCC1. The zero-order valence-corrected chi connectivity index (χ0v) is 18.1. The zero-order chi connectivity index (χ0) is 20.4. The minimum absolute atomic E-state index is 0.00267. The number of carbonyl (C=O) groups excluding carboxylic acids is 1. The molecule has 0 bridgehead atoms. The Morgan fingerprint density at radius 2 is 1.86 bits per heavy atom. The first-order chi connectivity index (χ1) is 13.4. The van der Waals surface area contributed by atoms with Gasteiger partial charge in [0.15, 0.2) is 5.96 Å². The highest BCUT2D eigenvalue weighted by atomic mass is 16.5. The number of rotatable bonds is 8. The molecule has 0 aromatic rings. The lowest BCUT2D eigenvalue weighted by Crippen LogP contribution is -2.51. The van der Waals surface area contributed by atoms with E-state index in [1.165, 1.54) is 32.1 Å². The number of morpholine rings is 1. The average molecular weight is 394 g/mol. The normalized spacial score (nSPS) is 20.5. The Bertz CT molecular complexity index is 535.